The second-order valence-corrected chi connectivity index (χ2v) is 12.4. The highest BCUT2D eigenvalue weighted by Gasteiger charge is 2.61. The number of ether oxygens (including phenoxy) is 1. The third-order valence-corrected chi connectivity index (χ3v) is 9.23. The van der Waals surface area contributed by atoms with E-state index in [1.165, 1.54) is 0 Å². The molecule has 2 aromatic carbocycles. The van der Waals surface area contributed by atoms with Gasteiger partial charge in [0.05, 0.1) is 10.9 Å². The van der Waals surface area contributed by atoms with E-state index in [9.17, 15) is 13.2 Å². The van der Waals surface area contributed by atoms with Crippen LogP contribution in [-0.2, 0) is 25.7 Å². The molecule has 5 nitrogen and oxygen atoms in total. The van der Waals surface area contributed by atoms with Crippen molar-refractivity contribution in [3.63, 3.8) is 0 Å². The number of amides is 1. The number of carbonyl (C=O) groups is 1. The lowest BCUT2D eigenvalue weighted by Crippen LogP contribution is -2.52. The zero-order chi connectivity index (χ0) is 21.7. The van der Waals surface area contributed by atoms with Crippen LogP contribution in [0.15, 0.2) is 53.4 Å². The third-order valence-electron chi connectivity index (χ3n) is 6.01. The number of nitrogens with zero attached hydrogens (tertiary/aromatic N) is 1. The molecule has 0 saturated carbocycles. The van der Waals surface area contributed by atoms with Crippen molar-refractivity contribution in [3.8, 4) is 0 Å². The minimum absolute atomic E-state index is 0.299. The lowest BCUT2D eigenvalue weighted by Gasteiger charge is -2.42. The zero-order valence-electron chi connectivity index (χ0n) is 17.4. The van der Waals surface area contributed by atoms with Gasteiger partial charge in [-0.25, -0.2) is 13.2 Å². The Bertz CT molecular complexity index is 1080. The number of halogens is 1. The summed E-state index contributed by atoms with van der Waals surface area (Å²) in [6.07, 6.45) is 1.26. The van der Waals surface area contributed by atoms with Crippen molar-refractivity contribution in [1.82, 2.24) is 4.90 Å². The summed E-state index contributed by atoms with van der Waals surface area (Å²) in [6.45, 7) is 5.84. The molecule has 0 radical (unpaired) electrons. The highest BCUT2D eigenvalue weighted by Crippen LogP contribution is 2.53. The SMILES string of the molecule is CC(C)(C)OC(=O)N1CC[C@@]2(S(=O)(=O)c3ccccc3)c3ccc(I)cc3CC[C@@H]12. The number of sulfone groups is 1. The van der Waals surface area contributed by atoms with E-state index in [4.69, 9.17) is 4.74 Å². The number of hydrogen-bond donors (Lipinski definition) is 0. The van der Waals surface area contributed by atoms with E-state index in [0.29, 0.717) is 24.3 Å². The summed E-state index contributed by atoms with van der Waals surface area (Å²) in [6, 6.07) is 14.1. The molecule has 160 valence electrons. The van der Waals surface area contributed by atoms with Crippen LogP contribution in [-0.4, -0.2) is 37.6 Å². The molecule has 0 N–H and O–H groups in total. The number of benzene rings is 2. The first-order chi connectivity index (χ1) is 14.1. The summed E-state index contributed by atoms with van der Waals surface area (Å²) >= 11 is 2.26. The normalized spacial score (nSPS) is 23.6. The Morgan fingerprint density at radius 3 is 2.53 bits per heavy atom. The Balaban J connectivity index is 1.88. The number of carbonyl (C=O) groups excluding carboxylic acids is 1. The topological polar surface area (TPSA) is 63.7 Å². The quantitative estimate of drug-likeness (QED) is 0.509. The van der Waals surface area contributed by atoms with Gasteiger partial charge in [-0.05, 0) is 98.0 Å². The van der Waals surface area contributed by atoms with Crippen molar-refractivity contribution >= 4 is 38.5 Å². The molecule has 2 aromatic rings. The average Bonchev–Trinajstić information content (AvgIpc) is 3.09. The summed E-state index contributed by atoms with van der Waals surface area (Å²) < 4.78 is 33.8. The average molecular weight is 539 g/mol. The lowest BCUT2D eigenvalue weighted by molar-refractivity contribution is 0.0202. The van der Waals surface area contributed by atoms with E-state index in [0.717, 1.165) is 21.1 Å². The largest absolute Gasteiger partial charge is 0.444 e. The fraction of sp³-hybridized carbons (Fsp3) is 0.435. The Kier molecular flexibility index (Phi) is 5.41. The second-order valence-electron chi connectivity index (χ2n) is 8.99. The molecule has 1 aliphatic heterocycles. The van der Waals surface area contributed by atoms with Crippen LogP contribution in [0.5, 0.6) is 0 Å². The molecule has 1 heterocycles. The van der Waals surface area contributed by atoms with Gasteiger partial charge in [0, 0.05) is 10.1 Å². The minimum Gasteiger partial charge on any atom is -0.444 e. The second kappa shape index (κ2) is 7.51. The third kappa shape index (κ3) is 3.43. The van der Waals surface area contributed by atoms with Crippen molar-refractivity contribution in [2.45, 2.75) is 61.3 Å². The van der Waals surface area contributed by atoms with Gasteiger partial charge in [-0.2, -0.15) is 0 Å². The van der Waals surface area contributed by atoms with E-state index in [1.807, 2.05) is 39.0 Å². The molecule has 7 heteroatoms. The summed E-state index contributed by atoms with van der Waals surface area (Å²) in [5.41, 5.74) is 1.25. The van der Waals surface area contributed by atoms with Crippen molar-refractivity contribution in [3.05, 3.63) is 63.2 Å². The molecular formula is C23H26INO4S. The van der Waals surface area contributed by atoms with Gasteiger partial charge in [0.15, 0.2) is 9.84 Å². The van der Waals surface area contributed by atoms with Gasteiger partial charge < -0.3 is 9.64 Å². The smallest absolute Gasteiger partial charge is 0.410 e. The van der Waals surface area contributed by atoms with Crippen LogP contribution in [0.25, 0.3) is 0 Å². The maximum Gasteiger partial charge on any atom is 0.410 e. The molecule has 1 saturated heterocycles. The number of fused-ring (bicyclic) bond motifs is 3. The van der Waals surface area contributed by atoms with Gasteiger partial charge >= 0.3 is 6.09 Å². The minimum atomic E-state index is -3.75. The molecule has 2 atom stereocenters. The molecule has 4 rings (SSSR count). The highest BCUT2D eigenvalue weighted by molar-refractivity contribution is 14.1. The monoisotopic (exact) mass is 539 g/mol. The van der Waals surface area contributed by atoms with Crippen LogP contribution in [0.1, 0.15) is 44.7 Å². The van der Waals surface area contributed by atoms with Crippen LogP contribution < -0.4 is 0 Å². The van der Waals surface area contributed by atoms with Crippen LogP contribution in [0.3, 0.4) is 0 Å². The molecule has 1 aliphatic carbocycles. The van der Waals surface area contributed by atoms with E-state index in [2.05, 4.69) is 28.7 Å². The van der Waals surface area contributed by atoms with Gasteiger partial charge in [0.25, 0.3) is 0 Å². The first-order valence-corrected chi connectivity index (χ1v) is 12.7. The Hall–Kier alpha value is -1.61. The van der Waals surface area contributed by atoms with Crippen molar-refractivity contribution in [2.75, 3.05) is 6.54 Å². The van der Waals surface area contributed by atoms with Crippen LogP contribution in [0, 0.1) is 3.57 Å². The maximum atomic E-state index is 14.1. The van der Waals surface area contributed by atoms with E-state index in [1.54, 1.807) is 29.2 Å². The Labute approximate surface area is 191 Å². The fourth-order valence-electron chi connectivity index (χ4n) is 4.85. The van der Waals surface area contributed by atoms with Crippen molar-refractivity contribution in [2.24, 2.45) is 0 Å². The zero-order valence-corrected chi connectivity index (χ0v) is 20.4. The molecule has 0 bridgehead atoms. The van der Waals surface area contributed by atoms with Gasteiger partial charge in [0.1, 0.15) is 10.3 Å². The van der Waals surface area contributed by atoms with E-state index >= 15 is 0 Å². The van der Waals surface area contributed by atoms with E-state index < -0.39 is 32.3 Å². The molecular weight excluding hydrogens is 513 g/mol. The fourth-order valence-corrected chi connectivity index (χ4v) is 7.79. The van der Waals surface area contributed by atoms with Crippen molar-refractivity contribution < 1.29 is 17.9 Å². The van der Waals surface area contributed by atoms with Gasteiger partial charge in [-0.15, -0.1) is 0 Å². The van der Waals surface area contributed by atoms with Crippen LogP contribution >= 0.6 is 22.6 Å². The highest BCUT2D eigenvalue weighted by atomic mass is 127. The lowest BCUT2D eigenvalue weighted by atomic mass is 9.78. The first kappa shape index (κ1) is 21.6. The summed E-state index contributed by atoms with van der Waals surface area (Å²) in [5, 5.41) is 0. The van der Waals surface area contributed by atoms with Crippen LogP contribution in [0.4, 0.5) is 4.79 Å². The molecule has 0 spiro atoms. The van der Waals surface area contributed by atoms with Crippen LogP contribution in [0.2, 0.25) is 0 Å². The first-order valence-electron chi connectivity index (χ1n) is 10.1. The molecule has 1 fully saturated rings. The molecule has 1 amide bonds. The predicted molar refractivity (Wildman–Crippen MR) is 124 cm³/mol. The number of likely N-dealkylation sites (tertiary alicyclic amines) is 1. The van der Waals surface area contributed by atoms with E-state index in [-0.39, 0.29) is 0 Å². The number of aryl methyl sites for hydroxylation is 1. The molecule has 30 heavy (non-hydrogen) atoms. The molecule has 0 aromatic heterocycles. The molecule has 0 unspecified atom stereocenters. The Morgan fingerprint density at radius 1 is 1.17 bits per heavy atom. The Morgan fingerprint density at radius 2 is 1.87 bits per heavy atom. The maximum absolute atomic E-state index is 14.1. The van der Waals surface area contributed by atoms with Crippen molar-refractivity contribution in [1.29, 1.82) is 0 Å². The number of rotatable bonds is 2. The summed E-state index contributed by atoms with van der Waals surface area (Å²) in [5.74, 6) is 0. The van der Waals surface area contributed by atoms with Gasteiger partial charge in [-0.1, -0.05) is 24.3 Å². The summed E-state index contributed by atoms with van der Waals surface area (Å²) in [7, 11) is -3.75. The molecule has 2 aliphatic rings. The van der Waals surface area contributed by atoms with Gasteiger partial charge in [0.2, 0.25) is 0 Å². The standard InChI is InChI=1S/C23H26INO4S/c1-22(2,3)29-21(26)25-14-13-23(30(27,28)18-7-5-4-6-8-18)19-11-10-17(24)15-16(19)9-12-20(23)25/h4-8,10-11,15,20H,9,12-14H2,1-3H3/t20-,23-/m1/s1. The van der Waals surface area contributed by atoms with Gasteiger partial charge in [-0.3, -0.25) is 0 Å². The predicted octanol–water partition coefficient (Wildman–Crippen LogP) is 4.92. The summed E-state index contributed by atoms with van der Waals surface area (Å²) in [4.78, 5) is 14.9. The number of hydrogen-bond acceptors (Lipinski definition) is 4.